The van der Waals surface area contributed by atoms with Gasteiger partial charge in [0.05, 0.1) is 12.0 Å². The summed E-state index contributed by atoms with van der Waals surface area (Å²) in [4.78, 5) is 12.7. The predicted octanol–water partition coefficient (Wildman–Crippen LogP) is 2.87. The quantitative estimate of drug-likeness (QED) is 0.894. The molecule has 0 aromatic heterocycles. The van der Waals surface area contributed by atoms with Gasteiger partial charge in [0.1, 0.15) is 0 Å². The molecule has 5 unspecified atom stereocenters. The number of rotatable bonds is 4. The third-order valence-electron chi connectivity index (χ3n) is 5.41. The average Bonchev–Trinajstić information content (AvgIpc) is 3.06. The van der Waals surface area contributed by atoms with Crippen molar-refractivity contribution in [2.24, 2.45) is 29.4 Å². The van der Waals surface area contributed by atoms with Crippen LogP contribution in [0.4, 0.5) is 0 Å². The van der Waals surface area contributed by atoms with Crippen LogP contribution in [-0.2, 0) is 4.79 Å². The summed E-state index contributed by atoms with van der Waals surface area (Å²) in [5, 5.41) is 3.27. The molecule has 2 aliphatic rings. The molecule has 3 heteroatoms. The van der Waals surface area contributed by atoms with Crippen LogP contribution in [0.25, 0.3) is 0 Å². The molecule has 0 spiro atoms. The van der Waals surface area contributed by atoms with Crippen molar-refractivity contribution >= 4 is 5.91 Å². The summed E-state index contributed by atoms with van der Waals surface area (Å²) in [7, 11) is 0. The van der Waals surface area contributed by atoms with Crippen LogP contribution in [0.3, 0.4) is 0 Å². The third-order valence-corrected chi connectivity index (χ3v) is 5.41. The molecule has 0 aliphatic heterocycles. The molecular weight excluding hydrogens is 260 g/mol. The number of hydrogen-bond donors (Lipinski definition) is 2. The molecule has 21 heavy (non-hydrogen) atoms. The predicted molar refractivity (Wildman–Crippen MR) is 84.5 cm³/mol. The second kappa shape index (κ2) is 5.80. The molecule has 114 valence electrons. The number of carbonyl (C=O) groups is 1. The lowest BCUT2D eigenvalue weighted by Crippen LogP contribution is -2.46. The standard InChI is InChI=1S/C18H26N2O/c1-11(2)17(12-6-4-3-5-7-12)20-18(21)15-13-8-9-14(10-13)16(15)19/h3-7,11,13-17H,8-10,19H2,1-2H3,(H,20,21). The van der Waals surface area contributed by atoms with Crippen LogP contribution >= 0.6 is 0 Å². The van der Waals surface area contributed by atoms with Crippen molar-refractivity contribution in [2.45, 2.75) is 45.2 Å². The molecule has 2 bridgehead atoms. The molecule has 3 nitrogen and oxygen atoms in total. The molecule has 2 fully saturated rings. The zero-order valence-corrected chi connectivity index (χ0v) is 13.0. The summed E-state index contributed by atoms with van der Waals surface area (Å²) in [6, 6.07) is 10.4. The molecule has 0 heterocycles. The molecule has 1 amide bonds. The van der Waals surface area contributed by atoms with Gasteiger partial charge in [-0.15, -0.1) is 0 Å². The smallest absolute Gasteiger partial charge is 0.225 e. The minimum Gasteiger partial charge on any atom is -0.349 e. The average molecular weight is 286 g/mol. The van der Waals surface area contributed by atoms with Gasteiger partial charge in [-0.2, -0.15) is 0 Å². The Balaban J connectivity index is 1.73. The Labute approximate surface area is 127 Å². The summed E-state index contributed by atoms with van der Waals surface area (Å²) in [6.45, 7) is 4.30. The molecule has 1 aromatic rings. The SMILES string of the molecule is CC(C)C(NC(=O)C1C2CCC(C2)C1N)c1ccccc1. The van der Waals surface area contributed by atoms with Crippen molar-refractivity contribution < 1.29 is 4.79 Å². The lowest BCUT2D eigenvalue weighted by molar-refractivity contribution is -0.128. The summed E-state index contributed by atoms with van der Waals surface area (Å²) in [6.07, 6.45) is 3.53. The van der Waals surface area contributed by atoms with Crippen LogP contribution < -0.4 is 11.1 Å². The molecule has 2 saturated carbocycles. The topological polar surface area (TPSA) is 55.1 Å². The highest BCUT2D eigenvalue weighted by atomic mass is 16.2. The van der Waals surface area contributed by atoms with Gasteiger partial charge in [0, 0.05) is 6.04 Å². The summed E-state index contributed by atoms with van der Waals surface area (Å²) in [5.74, 6) is 1.63. The Kier molecular flexibility index (Phi) is 4.03. The Morgan fingerprint density at radius 1 is 1.19 bits per heavy atom. The van der Waals surface area contributed by atoms with E-state index < -0.39 is 0 Å². The Bertz CT molecular complexity index is 497. The first-order valence-electron chi connectivity index (χ1n) is 8.19. The number of nitrogens with two attached hydrogens (primary N) is 1. The lowest BCUT2D eigenvalue weighted by atomic mass is 9.83. The van der Waals surface area contributed by atoms with E-state index >= 15 is 0 Å². The molecular formula is C18H26N2O. The molecule has 3 N–H and O–H groups in total. The molecule has 5 atom stereocenters. The van der Waals surface area contributed by atoms with E-state index in [-0.39, 0.29) is 23.9 Å². The number of nitrogens with one attached hydrogen (secondary N) is 1. The maximum atomic E-state index is 12.7. The number of carbonyl (C=O) groups excluding carboxylic acids is 1. The maximum absolute atomic E-state index is 12.7. The van der Waals surface area contributed by atoms with Crippen molar-refractivity contribution in [2.75, 3.05) is 0 Å². The van der Waals surface area contributed by atoms with E-state index in [0.29, 0.717) is 17.8 Å². The van der Waals surface area contributed by atoms with Crippen molar-refractivity contribution in [3.63, 3.8) is 0 Å². The second-order valence-electron chi connectivity index (χ2n) is 7.08. The van der Waals surface area contributed by atoms with Crippen LogP contribution in [0, 0.1) is 23.7 Å². The second-order valence-corrected chi connectivity index (χ2v) is 7.08. The van der Waals surface area contributed by atoms with Crippen LogP contribution in [0.5, 0.6) is 0 Å². The third kappa shape index (κ3) is 2.71. The fourth-order valence-corrected chi connectivity index (χ4v) is 4.27. The molecule has 3 rings (SSSR count). The van der Waals surface area contributed by atoms with Gasteiger partial charge in [-0.25, -0.2) is 0 Å². The highest BCUT2D eigenvalue weighted by Gasteiger charge is 2.49. The summed E-state index contributed by atoms with van der Waals surface area (Å²) < 4.78 is 0. The van der Waals surface area contributed by atoms with E-state index in [1.54, 1.807) is 0 Å². The maximum Gasteiger partial charge on any atom is 0.225 e. The minimum atomic E-state index is 0.0220. The van der Waals surface area contributed by atoms with Crippen LogP contribution in [-0.4, -0.2) is 11.9 Å². The zero-order valence-electron chi connectivity index (χ0n) is 13.0. The first-order chi connectivity index (χ1) is 10.1. The van der Waals surface area contributed by atoms with Crippen LogP contribution in [0.15, 0.2) is 30.3 Å². The van der Waals surface area contributed by atoms with Crippen molar-refractivity contribution in [1.82, 2.24) is 5.32 Å². The monoisotopic (exact) mass is 286 g/mol. The first kappa shape index (κ1) is 14.6. The fourth-order valence-electron chi connectivity index (χ4n) is 4.27. The fraction of sp³-hybridized carbons (Fsp3) is 0.611. The van der Waals surface area contributed by atoms with Gasteiger partial charge in [-0.05, 0) is 42.6 Å². The first-order valence-corrected chi connectivity index (χ1v) is 8.19. The van der Waals surface area contributed by atoms with Crippen molar-refractivity contribution in [3.8, 4) is 0 Å². The highest BCUT2D eigenvalue weighted by molar-refractivity contribution is 5.81. The van der Waals surface area contributed by atoms with Crippen LogP contribution in [0.1, 0.15) is 44.7 Å². The molecule has 0 saturated heterocycles. The molecule has 2 aliphatic carbocycles. The summed E-state index contributed by atoms with van der Waals surface area (Å²) >= 11 is 0. The van der Waals surface area contributed by atoms with E-state index in [0.717, 1.165) is 6.42 Å². The zero-order chi connectivity index (χ0) is 15.0. The van der Waals surface area contributed by atoms with Crippen molar-refractivity contribution in [1.29, 1.82) is 0 Å². The Hall–Kier alpha value is -1.35. The van der Waals surface area contributed by atoms with Crippen LogP contribution in [0.2, 0.25) is 0 Å². The molecule has 1 aromatic carbocycles. The molecule has 0 radical (unpaired) electrons. The number of hydrogen-bond acceptors (Lipinski definition) is 2. The number of fused-ring (bicyclic) bond motifs is 2. The summed E-state index contributed by atoms with van der Waals surface area (Å²) in [5.41, 5.74) is 7.47. The highest BCUT2D eigenvalue weighted by Crippen LogP contribution is 2.47. The van der Waals surface area contributed by atoms with Gasteiger partial charge in [0.2, 0.25) is 5.91 Å². The van der Waals surface area contributed by atoms with E-state index in [9.17, 15) is 4.79 Å². The van der Waals surface area contributed by atoms with Gasteiger partial charge in [-0.1, -0.05) is 44.2 Å². The van der Waals surface area contributed by atoms with Gasteiger partial charge >= 0.3 is 0 Å². The Morgan fingerprint density at radius 3 is 2.43 bits per heavy atom. The van der Waals surface area contributed by atoms with Gasteiger partial charge in [0.25, 0.3) is 0 Å². The van der Waals surface area contributed by atoms with Crippen molar-refractivity contribution in [3.05, 3.63) is 35.9 Å². The van der Waals surface area contributed by atoms with Gasteiger partial charge in [0.15, 0.2) is 0 Å². The number of amides is 1. The van der Waals surface area contributed by atoms with E-state index in [1.807, 2.05) is 18.2 Å². The minimum absolute atomic E-state index is 0.0220. The van der Waals surface area contributed by atoms with E-state index in [1.165, 1.54) is 18.4 Å². The normalized spacial score (nSPS) is 32.4. The lowest BCUT2D eigenvalue weighted by Gasteiger charge is -2.30. The van der Waals surface area contributed by atoms with E-state index in [2.05, 4.69) is 31.3 Å². The largest absolute Gasteiger partial charge is 0.349 e. The Morgan fingerprint density at radius 2 is 1.86 bits per heavy atom. The van der Waals surface area contributed by atoms with E-state index in [4.69, 9.17) is 5.73 Å². The number of benzene rings is 1. The van der Waals surface area contributed by atoms with Gasteiger partial charge in [-0.3, -0.25) is 4.79 Å². The van der Waals surface area contributed by atoms with Gasteiger partial charge < -0.3 is 11.1 Å².